The third kappa shape index (κ3) is 3.72. The maximum atomic E-state index is 12.2. The predicted octanol–water partition coefficient (Wildman–Crippen LogP) is 2.58. The molecule has 1 aromatic rings. The van der Waals surface area contributed by atoms with E-state index in [2.05, 4.69) is 10.1 Å². The second-order valence-corrected chi connectivity index (χ2v) is 5.31. The van der Waals surface area contributed by atoms with E-state index in [9.17, 15) is 18.4 Å². The summed E-state index contributed by atoms with van der Waals surface area (Å²) in [6.07, 6.45) is 1.05. The molecule has 1 aliphatic carbocycles. The van der Waals surface area contributed by atoms with Crippen LogP contribution in [0, 0.1) is 11.8 Å². The molecule has 0 radical (unpaired) electrons. The van der Waals surface area contributed by atoms with Crippen LogP contribution in [0.3, 0.4) is 0 Å². The van der Waals surface area contributed by atoms with E-state index in [1.807, 2.05) is 0 Å². The predicted molar refractivity (Wildman–Crippen MR) is 73.5 cm³/mol. The first-order chi connectivity index (χ1) is 10.4. The maximum absolute atomic E-state index is 12.2. The lowest BCUT2D eigenvalue weighted by Gasteiger charge is -2.33. The van der Waals surface area contributed by atoms with Gasteiger partial charge in [0.05, 0.1) is 17.9 Å². The number of alkyl halides is 2. The molecule has 1 amide bonds. The topological polar surface area (TPSA) is 75.6 Å². The molecule has 0 aromatic heterocycles. The van der Waals surface area contributed by atoms with Crippen LogP contribution in [0.1, 0.15) is 31.4 Å². The molecule has 2 rings (SSSR count). The molecule has 5 nitrogen and oxygen atoms in total. The van der Waals surface area contributed by atoms with Crippen molar-refractivity contribution in [1.29, 1.82) is 0 Å². The van der Waals surface area contributed by atoms with Crippen molar-refractivity contribution < 1.29 is 28.2 Å². The normalized spacial score (nSPS) is 21.8. The van der Waals surface area contributed by atoms with Crippen LogP contribution in [-0.2, 0) is 9.59 Å². The number of halogens is 2. The summed E-state index contributed by atoms with van der Waals surface area (Å²) in [5.74, 6) is -2.44. The molecule has 2 N–H and O–H groups in total. The second kappa shape index (κ2) is 6.72. The van der Waals surface area contributed by atoms with E-state index in [0.717, 1.165) is 0 Å². The highest BCUT2D eigenvalue weighted by molar-refractivity contribution is 5.86. The zero-order valence-corrected chi connectivity index (χ0v) is 12.0. The zero-order chi connectivity index (χ0) is 16.3. The zero-order valence-electron chi connectivity index (χ0n) is 12.0. The van der Waals surface area contributed by atoms with Gasteiger partial charge in [0.15, 0.2) is 0 Å². The fourth-order valence-corrected chi connectivity index (χ4v) is 2.47. The molecule has 22 heavy (non-hydrogen) atoms. The number of benzene rings is 1. The van der Waals surface area contributed by atoms with Crippen LogP contribution < -0.4 is 10.1 Å². The molecule has 1 aliphatic rings. The average Bonchev–Trinajstić information content (AvgIpc) is 2.35. The van der Waals surface area contributed by atoms with E-state index in [0.29, 0.717) is 18.4 Å². The summed E-state index contributed by atoms with van der Waals surface area (Å²) in [4.78, 5) is 23.0. The van der Waals surface area contributed by atoms with Crippen molar-refractivity contribution in [3.63, 3.8) is 0 Å². The first-order valence-electron chi connectivity index (χ1n) is 6.96. The standard InChI is InChI=1S/C15H17F2NO4/c1-8(9-3-2-4-10(7-9)22-15(16)17)18-13(19)11-5-6-12(11)14(20)21/h2-4,7-8,11-12,15H,5-6H2,1H3,(H,18,19)(H,20,21). The number of carbonyl (C=O) groups is 2. The summed E-state index contributed by atoms with van der Waals surface area (Å²) in [5, 5.41) is 11.7. The number of carbonyl (C=O) groups excluding carboxylic acids is 1. The summed E-state index contributed by atoms with van der Waals surface area (Å²) in [6, 6.07) is 5.63. The van der Waals surface area contributed by atoms with Crippen LogP contribution in [0.15, 0.2) is 24.3 Å². The monoisotopic (exact) mass is 313 g/mol. The molecule has 0 saturated heterocycles. The highest BCUT2D eigenvalue weighted by Crippen LogP contribution is 2.35. The summed E-state index contributed by atoms with van der Waals surface area (Å²) in [7, 11) is 0. The minimum absolute atomic E-state index is 0.0145. The Morgan fingerprint density at radius 1 is 1.32 bits per heavy atom. The molecular weight excluding hydrogens is 296 g/mol. The fraction of sp³-hybridized carbons (Fsp3) is 0.467. The first kappa shape index (κ1) is 16.2. The lowest BCUT2D eigenvalue weighted by Crippen LogP contribution is -2.44. The van der Waals surface area contributed by atoms with Gasteiger partial charge in [0.25, 0.3) is 0 Å². The van der Waals surface area contributed by atoms with Gasteiger partial charge >= 0.3 is 12.6 Å². The van der Waals surface area contributed by atoms with Gasteiger partial charge in [0.2, 0.25) is 5.91 Å². The largest absolute Gasteiger partial charge is 0.481 e. The number of hydrogen-bond donors (Lipinski definition) is 2. The Bertz CT molecular complexity index is 564. The maximum Gasteiger partial charge on any atom is 0.387 e. The van der Waals surface area contributed by atoms with Gasteiger partial charge in [-0.3, -0.25) is 9.59 Å². The molecular formula is C15H17F2NO4. The van der Waals surface area contributed by atoms with Crippen molar-refractivity contribution in [2.75, 3.05) is 0 Å². The second-order valence-electron chi connectivity index (χ2n) is 5.31. The van der Waals surface area contributed by atoms with Gasteiger partial charge < -0.3 is 15.2 Å². The minimum atomic E-state index is -2.91. The van der Waals surface area contributed by atoms with Gasteiger partial charge in [0.1, 0.15) is 5.75 Å². The van der Waals surface area contributed by atoms with Gasteiger partial charge in [0, 0.05) is 0 Å². The summed E-state index contributed by atoms with van der Waals surface area (Å²) in [6.45, 7) is -1.21. The molecule has 0 heterocycles. The van der Waals surface area contributed by atoms with Crippen molar-refractivity contribution in [3.8, 4) is 5.75 Å². The Morgan fingerprint density at radius 3 is 2.55 bits per heavy atom. The summed E-state index contributed by atoms with van der Waals surface area (Å²) >= 11 is 0. The Hall–Kier alpha value is -2.18. The molecule has 1 fully saturated rings. The van der Waals surface area contributed by atoms with E-state index in [1.165, 1.54) is 12.1 Å². The van der Waals surface area contributed by atoms with Crippen molar-refractivity contribution >= 4 is 11.9 Å². The van der Waals surface area contributed by atoms with E-state index in [4.69, 9.17) is 5.11 Å². The first-order valence-corrected chi connectivity index (χ1v) is 6.96. The minimum Gasteiger partial charge on any atom is -0.481 e. The summed E-state index contributed by atoms with van der Waals surface area (Å²) in [5.41, 5.74) is 0.609. The molecule has 1 aromatic carbocycles. The Balaban J connectivity index is 1.98. The molecule has 3 atom stereocenters. The number of rotatable bonds is 6. The van der Waals surface area contributed by atoms with E-state index >= 15 is 0 Å². The third-order valence-corrected chi connectivity index (χ3v) is 3.87. The molecule has 3 unspecified atom stereocenters. The number of carboxylic acid groups (broad SMARTS) is 1. The number of aliphatic carboxylic acids is 1. The van der Waals surface area contributed by atoms with Crippen molar-refractivity contribution in [2.45, 2.75) is 32.4 Å². The summed E-state index contributed by atoms with van der Waals surface area (Å²) < 4.78 is 28.7. The van der Waals surface area contributed by atoms with Gasteiger partial charge in [-0.2, -0.15) is 8.78 Å². The number of hydrogen-bond acceptors (Lipinski definition) is 3. The van der Waals surface area contributed by atoms with E-state index in [1.54, 1.807) is 19.1 Å². The molecule has 0 bridgehead atoms. The lowest BCUT2D eigenvalue weighted by atomic mass is 9.73. The molecule has 120 valence electrons. The van der Waals surface area contributed by atoms with Crippen LogP contribution >= 0.6 is 0 Å². The number of amides is 1. The highest BCUT2D eigenvalue weighted by atomic mass is 19.3. The van der Waals surface area contributed by atoms with E-state index < -0.39 is 30.5 Å². The van der Waals surface area contributed by atoms with Crippen LogP contribution in [0.5, 0.6) is 5.75 Å². The van der Waals surface area contributed by atoms with Crippen LogP contribution in [-0.4, -0.2) is 23.6 Å². The average molecular weight is 313 g/mol. The van der Waals surface area contributed by atoms with Crippen LogP contribution in [0.2, 0.25) is 0 Å². The quantitative estimate of drug-likeness (QED) is 0.846. The highest BCUT2D eigenvalue weighted by Gasteiger charge is 2.41. The Morgan fingerprint density at radius 2 is 2.00 bits per heavy atom. The lowest BCUT2D eigenvalue weighted by molar-refractivity contribution is -0.152. The Labute approximate surface area is 126 Å². The molecule has 0 aliphatic heterocycles. The van der Waals surface area contributed by atoms with Gasteiger partial charge in [-0.15, -0.1) is 0 Å². The number of nitrogens with one attached hydrogen (secondary N) is 1. The number of carboxylic acids is 1. The smallest absolute Gasteiger partial charge is 0.387 e. The molecule has 1 saturated carbocycles. The van der Waals surface area contributed by atoms with E-state index in [-0.39, 0.29) is 11.7 Å². The van der Waals surface area contributed by atoms with Crippen LogP contribution in [0.25, 0.3) is 0 Å². The molecule has 7 heteroatoms. The van der Waals surface area contributed by atoms with Crippen molar-refractivity contribution in [2.24, 2.45) is 11.8 Å². The van der Waals surface area contributed by atoms with Gasteiger partial charge in [-0.1, -0.05) is 12.1 Å². The van der Waals surface area contributed by atoms with Crippen LogP contribution in [0.4, 0.5) is 8.78 Å². The SMILES string of the molecule is CC(NC(=O)C1CCC1C(=O)O)c1cccc(OC(F)F)c1. The van der Waals surface area contributed by atoms with Crippen molar-refractivity contribution in [1.82, 2.24) is 5.32 Å². The van der Waals surface area contributed by atoms with Gasteiger partial charge in [-0.25, -0.2) is 0 Å². The number of ether oxygens (including phenoxy) is 1. The van der Waals surface area contributed by atoms with Crippen molar-refractivity contribution in [3.05, 3.63) is 29.8 Å². The third-order valence-electron chi connectivity index (χ3n) is 3.87. The Kier molecular flexibility index (Phi) is 4.95. The fourth-order valence-electron chi connectivity index (χ4n) is 2.47. The molecule has 0 spiro atoms. The van der Waals surface area contributed by atoms with Gasteiger partial charge in [-0.05, 0) is 37.5 Å².